The van der Waals surface area contributed by atoms with Gasteiger partial charge in [-0.05, 0) is 53.4 Å². The van der Waals surface area contributed by atoms with Crippen LogP contribution in [0.4, 0.5) is 5.69 Å². The first-order valence-corrected chi connectivity index (χ1v) is 11.0. The molecule has 0 radical (unpaired) electrons. The zero-order valence-corrected chi connectivity index (χ0v) is 18.7. The Kier molecular flexibility index (Phi) is 6.66. The first-order chi connectivity index (χ1) is 15.5. The predicted molar refractivity (Wildman–Crippen MR) is 129 cm³/mol. The van der Waals surface area contributed by atoms with Crippen LogP contribution in [-0.4, -0.2) is 47.8 Å². The van der Waals surface area contributed by atoms with E-state index in [0.29, 0.717) is 5.56 Å². The number of anilines is 1. The Morgan fingerprint density at radius 2 is 1.56 bits per heavy atom. The van der Waals surface area contributed by atoms with Crippen molar-refractivity contribution in [3.63, 3.8) is 0 Å². The first-order valence-electron chi connectivity index (χ1n) is 11.0. The summed E-state index contributed by atoms with van der Waals surface area (Å²) < 4.78 is 0. The minimum Gasteiger partial charge on any atom is -0.340 e. The molecule has 5 heteroatoms. The van der Waals surface area contributed by atoms with Gasteiger partial charge in [-0.15, -0.1) is 0 Å². The Bertz CT molecular complexity index is 1090. The molecular formula is C27H29N3O2. The lowest BCUT2D eigenvalue weighted by molar-refractivity contribution is -0.130. The molecule has 0 bridgehead atoms. The van der Waals surface area contributed by atoms with Crippen LogP contribution in [0.15, 0.2) is 72.8 Å². The first kappa shape index (κ1) is 21.8. The zero-order chi connectivity index (χ0) is 22.5. The van der Waals surface area contributed by atoms with Crippen LogP contribution in [0.2, 0.25) is 0 Å². The number of hydrogen-bond donors (Lipinski definition) is 1. The fourth-order valence-corrected chi connectivity index (χ4v) is 4.12. The molecule has 0 spiro atoms. The normalized spacial score (nSPS) is 14.2. The van der Waals surface area contributed by atoms with Gasteiger partial charge in [-0.25, -0.2) is 0 Å². The molecule has 2 amide bonds. The third kappa shape index (κ3) is 5.24. The van der Waals surface area contributed by atoms with Gasteiger partial charge < -0.3 is 10.2 Å². The van der Waals surface area contributed by atoms with Gasteiger partial charge in [0.05, 0.1) is 0 Å². The lowest BCUT2D eigenvalue weighted by Crippen LogP contribution is -2.47. The number of nitrogens with one attached hydrogen (secondary N) is 1. The zero-order valence-electron chi connectivity index (χ0n) is 18.7. The van der Waals surface area contributed by atoms with Crippen LogP contribution in [0.1, 0.15) is 28.4 Å². The van der Waals surface area contributed by atoms with Crippen molar-refractivity contribution in [1.82, 2.24) is 9.80 Å². The summed E-state index contributed by atoms with van der Waals surface area (Å²) in [5, 5.41) is 3.00. The minimum absolute atomic E-state index is 0.110. The number of amides is 2. The van der Waals surface area contributed by atoms with Crippen LogP contribution in [0.3, 0.4) is 0 Å². The summed E-state index contributed by atoms with van der Waals surface area (Å²) in [6.45, 7) is 7.84. The van der Waals surface area contributed by atoms with Gasteiger partial charge in [-0.1, -0.05) is 48.5 Å². The highest BCUT2D eigenvalue weighted by Crippen LogP contribution is 2.24. The Morgan fingerprint density at radius 3 is 2.19 bits per heavy atom. The number of nitrogens with zero attached hydrogens (tertiary/aromatic N) is 2. The molecule has 164 valence electrons. The van der Waals surface area contributed by atoms with Gasteiger partial charge in [-0.2, -0.15) is 0 Å². The van der Waals surface area contributed by atoms with Gasteiger partial charge in [0.1, 0.15) is 0 Å². The summed E-state index contributed by atoms with van der Waals surface area (Å²) in [6, 6.07) is 24.0. The Labute approximate surface area is 189 Å². The summed E-state index contributed by atoms with van der Waals surface area (Å²) in [5.74, 6) is 0.0375. The average Bonchev–Trinajstić information content (AvgIpc) is 2.81. The highest BCUT2D eigenvalue weighted by Gasteiger charge is 2.18. The van der Waals surface area contributed by atoms with Crippen molar-refractivity contribution in [1.29, 1.82) is 0 Å². The Hall–Kier alpha value is -3.44. The van der Waals surface area contributed by atoms with E-state index in [4.69, 9.17) is 0 Å². The lowest BCUT2D eigenvalue weighted by atomic mass is 9.98. The van der Waals surface area contributed by atoms with Gasteiger partial charge in [-0.3, -0.25) is 14.5 Å². The van der Waals surface area contributed by atoms with Crippen molar-refractivity contribution in [2.45, 2.75) is 20.4 Å². The molecule has 32 heavy (non-hydrogen) atoms. The number of piperazine rings is 1. The van der Waals surface area contributed by atoms with Crippen LogP contribution in [0.5, 0.6) is 0 Å². The third-order valence-electron chi connectivity index (χ3n) is 6.01. The summed E-state index contributed by atoms with van der Waals surface area (Å²) in [6.07, 6.45) is 0. The van der Waals surface area contributed by atoms with E-state index in [9.17, 15) is 9.59 Å². The summed E-state index contributed by atoms with van der Waals surface area (Å²) in [4.78, 5) is 28.5. The Balaban J connectivity index is 1.35. The van der Waals surface area contributed by atoms with E-state index in [1.54, 1.807) is 6.92 Å². The summed E-state index contributed by atoms with van der Waals surface area (Å²) in [7, 11) is 0. The molecule has 0 aromatic heterocycles. The van der Waals surface area contributed by atoms with Crippen molar-refractivity contribution in [3.8, 4) is 11.1 Å². The van der Waals surface area contributed by atoms with Crippen LogP contribution in [0, 0.1) is 6.92 Å². The monoisotopic (exact) mass is 427 g/mol. The van der Waals surface area contributed by atoms with Crippen LogP contribution in [-0.2, 0) is 11.3 Å². The van der Waals surface area contributed by atoms with E-state index in [2.05, 4.69) is 34.5 Å². The molecule has 5 nitrogen and oxygen atoms in total. The molecule has 0 atom stereocenters. The van der Waals surface area contributed by atoms with Gasteiger partial charge >= 0.3 is 0 Å². The minimum atomic E-state index is -0.110. The highest BCUT2D eigenvalue weighted by atomic mass is 16.2. The molecule has 1 heterocycles. The number of rotatable bonds is 5. The van der Waals surface area contributed by atoms with E-state index in [1.807, 2.05) is 60.4 Å². The number of carbonyl (C=O) groups excluding carboxylic acids is 2. The molecule has 0 unspecified atom stereocenters. The number of aryl methyl sites for hydroxylation is 1. The Morgan fingerprint density at radius 1 is 0.875 bits per heavy atom. The summed E-state index contributed by atoms with van der Waals surface area (Å²) >= 11 is 0. The molecule has 1 saturated heterocycles. The molecule has 3 aromatic rings. The van der Waals surface area contributed by atoms with Crippen molar-refractivity contribution < 1.29 is 9.59 Å². The van der Waals surface area contributed by atoms with Crippen molar-refractivity contribution in [2.24, 2.45) is 0 Å². The van der Waals surface area contributed by atoms with Gasteiger partial charge in [0.15, 0.2) is 0 Å². The maximum atomic E-state index is 12.8. The number of hydrogen-bond acceptors (Lipinski definition) is 3. The molecule has 4 rings (SSSR count). The quantitative estimate of drug-likeness (QED) is 0.649. The smallest absolute Gasteiger partial charge is 0.255 e. The van der Waals surface area contributed by atoms with Gasteiger partial charge in [0.25, 0.3) is 5.91 Å². The second-order valence-corrected chi connectivity index (χ2v) is 8.33. The lowest BCUT2D eigenvalue weighted by Gasteiger charge is -2.34. The molecule has 1 aliphatic heterocycles. The van der Waals surface area contributed by atoms with Crippen LogP contribution >= 0.6 is 0 Å². The SMILES string of the molecule is CC(=O)N1CCN(Cc2ccc(NC(=O)c3ccc(-c4ccccc4)c(C)c3)cc2)CC1. The molecule has 3 aromatic carbocycles. The second-order valence-electron chi connectivity index (χ2n) is 8.33. The van der Waals surface area contributed by atoms with Crippen LogP contribution < -0.4 is 5.32 Å². The van der Waals surface area contributed by atoms with Crippen molar-refractivity contribution >= 4 is 17.5 Å². The molecular weight excluding hydrogens is 398 g/mol. The average molecular weight is 428 g/mol. The topological polar surface area (TPSA) is 52.7 Å². The highest BCUT2D eigenvalue weighted by molar-refractivity contribution is 6.04. The fourth-order valence-electron chi connectivity index (χ4n) is 4.12. The standard InChI is InChI=1S/C27H29N3O2/c1-20-18-24(10-13-26(20)23-6-4-3-5-7-23)27(32)28-25-11-8-22(9-12-25)19-29-14-16-30(17-15-29)21(2)31/h3-13,18H,14-17,19H2,1-2H3,(H,28,32). The maximum Gasteiger partial charge on any atom is 0.255 e. The van der Waals surface area contributed by atoms with Gasteiger partial charge in [0.2, 0.25) is 5.91 Å². The van der Waals surface area contributed by atoms with Crippen LogP contribution in [0.25, 0.3) is 11.1 Å². The largest absolute Gasteiger partial charge is 0.340 e. The van der Waals surface area contributed by atoms with Crippen molar-refractivity contribution in [2.75, 3.05) is 31.5 Å². The molecule has 1 N–H and O–H groups in total. The molecule has 0 aliphatic carbocycles. The molecule has 1 aliphatic rings. The third-order valence-corrected chi connectivity index (χ3v) is 6.01. The van der Waals surface area contributed by atoms with E-state index < -0.39 is 0 Å². The maximum absolute atomic E-state index is 12.8. The second kappa shape index (κ2) is 9.79. The van der Waals surface area contributed by atoms with Crippen molar-refractivity contribution in [3.05, 3.63) is 89.5 Å². The van der Waals surface area contributed by atoms with Gasteiger partial charge in [0, 0.05) is 50.9 Å². The van der Waals surface area contributed by atoms with E-state index in [0.717, 1.165) is 55.1 Å². The fraction of sp³-hybridized carbons (Fsp3) is 0.259. The molecule has 1 fully saturated rings. The predicted octanol–water partition coefficient (Wildman–Crippen LogP) is 4.58. The van der Waals surface area contributed by atoms with E-state index >= 15 is 0 Å². The van der Waals surface area contributed by atoms with E-state index in [1.165, 1.54) is 5.56 Å². The summed E-state index contributed by atoms with van der Waals surface area (Å²) in [5.41, 5.74) is 5.98. The van der Waals surface area contributed by atoms with E-state index in [-0.39, 0.29) is 11.8 Å². The molecule has 0 saturated carbocycles. The number of carbonyl (C=O) groups is 2. The number of benzene rings is 3.